The number of nitrogens with two attached hydrogens (primary N) is 1. The van der Waals surface area contributed by atoms with Crippen LogP contribution in [-0.4, -0.2) is 5.84 Å². The SMILES string of the molecule is Cc1cc(Cl)cc(C(=N)N)c1.Cl. The number of benzene rings is 1. The Bertz CT molecular complexity index is 277. The Morgan fingerprint density at radius 3 is 2.42 bits per heavy atom. The summed E-state index contributed by atoms with van der Waals surface area (Å²) < 4.78 is 0. The lowest BCUT2D eigenvalue weighted by Gasteiger charge is -2.00. The van der Waals surface area contributed by atoms with Gasteiger partial charge in [-0.1, -0.05) is 11.6 Å². The molecule has 1 rings (SSSR count). The number of hydrogen-bond acceptors (Lipinski definition) is 1. The second kappa shape index (κ2) is 4.33. The molecule has 12 heavy (non-hydrogen) atoms. The summed E-state index contributed by atoms with van der Waals surface area (Å²) in [4.78, 5) is 0. The summed E-state index contributed by atoms with van der Waals surface area (Å²) in [6.07, 6.45) is 0. The van der Waals surface area contributed by atoms with Crippen LogP contribution in [0.2, 0.25) is 5.02 Å². The zero-order valence-electron chi connectivity index (χ0n) is 6.60. The monoisotopic (exact) mass is 204 g/mol. The van der Waals surface area contributed by atoms with Crippen LogP contribution < -0.4 is 5.73 Å². The Morgan fingerprint density at radius 2 is 2.00 bits per heavy atom. The third-order valence-corrected chi connectivity index (χ3v) is 1.57. The van der Waals surface area contributed by atoms with E-state index >= 15 is 0 Å². The fourth-order valence-corrected chi connectivity index (χ4v) is 1.18. The molecule has 1 aromatic rings. The fourth-order valence-electron chi connectivity index (χ4n) is 0.892. The van der Waals surface area contributed by atoms with Gasteiger partial charge in [0.1, 0.15) is 5.84 Å². The quantitative estimate of drug-likeness (QED) is 0.536. The van der Waals surface area contributed by atoms with Crippen molar-refractivity contribution in [3.8, 4) is 0 Å². The highest BCUT2D eigenvalue weighted by atomic mass is 35.5. The maximum Gasteiger partial charge on any atom is 0.122 e. The molecule has 1 aromatic carbocycles. The first kappa shape index (κ1) is 11.3. The molecule has 0 aromatic heterocycles. The minimum absolute atomic E-state index is 0. The number of halogens is 2. The smallest absolute Gasteiger partial charge is 0.122 e. The van der Waals surface area contributed by atoms with Gasteiger partial charge < -0.3 is 5.73 Å². The first-order valence-electron chi connectivity index (χ1n) is 3.21. The van der Waals surface area contributed by atoms with Gasteiger partial charge in [0.15, 0.2) is 0 Å². The molecule has 4 heteroatoms. The summed E-state index contributed by atoms with van der Waals surface area (Å²) in [5.41, 5.74) is 6.97. The lowest BCUT2D eigenvalue weighted by Crippen LogP contribution is -2.10. The molecule has 0 aliphatic carbocycles. The first-order chi connectivity index (χ1) is 5.09. The van der Waals surface area contributed by atoms with E-state index in [0.29, 0.717) is 10.6 Å². The number of amidine groups is 1. The highest BCUT2D eigenvalue weighted by Crippen LogP contribution is 2.13. The molecule has 0 saturated carbocycles. The molecule has 0 unspecified atom stereocenters. The molecule has 2 nitrogen and oxygen atoms in total. The van der Waals surface area contributed by atoms with Gasteiger partial charge in [-0.3, -0.25) is 5.41 Å². The van der Waals surface area contributed by atoms with E-state index in [4.69, 9.17) is 22.7 Å². The number of rotatable bonds is 1. The van der Waals surface area contributed by atoms with Crippen molar-refractivity contribution in [2.24, 2.45) is 5.73 Å². The van der Waals surface area contributed by atoms with Gasteiger partial charge in [-0.2, -0.15) is 0 Å². The van der Waals surface area contributed by atoms with Gasteiger partial charge in [0.2, 0.25) is 0 Å². The van der Waals surface area contributed by atoms with Crippen LogP contribution in [0, 0.1) is 12.3 Å². The van der Waals surface area contributed by atoms with Crippen LogP contribution in [0.5, 0.6) is 0 Å². The van der Waals surface area contributed by atoms with Gasteiger partial charge in [-0.15, -0.1) is 12.4 Å². The molecule has 0 fully saturated rings. The summed E-state index contributed by atoms with van der Waals surface area (Å²) in [7, 11) is 0. The van der Waals surface area contributed by atoms with Crippen molar-refractivity contribution in [1.29, 1.82) is 5.41 Å². The first-order valence-corrected chi connectivity index (χ1v) is 3.59. The number of hydrogen-bond donors (Lipinski definition) is 2. The standard InChI is InChI=1S/C8H9ClN2.ClH/c1-5-2-6(8(10)11)4-7(9)3-5;/h2-4H,1H3,(H3,10,11);1H. The Labute approximate surface area is 82.6 Å². The van der Waals surface area contributed by atoms with E-state index in [-0.39, 0.29) is 18.2 Å². The molecular weight excluding hydrogens is 195 g/mol. The van der Waals surface area contributed by atoms with Crippen LogP contribution in [0.3, 0.4) is 0 Å². The molecule has 0 radical (unpaired) electrons. The zero-order valence-corrected chi connectivity index (χ0v) is 8.17. The van der Waals surface area contributed by atoms with Crippen LogP contribution >= 0.6 is 24.0 Å². The van der Waals surface area contributed by atoms with E-state index in [0.717, 1.165) is 5.56 Å². The summed E-state index contributed by atoms with van der Waals surface area (Å²) in [5, 5.41) is 7.77. The summed E-state index contributed by atoms with van der Waals surface area (Å²) in [5.74, 6) is 0.0515. The Morgan fingerprint density at radius 1 is 1.42 bits per heavy atom. The van der Waals surface area contributed by atoms with Gasteiger partial charge in [-0.05, 0) is 30.7 Å². The predicted molar refractivity (Wildman–Crippen MR) is 54.5 cm³/mol. The van der Waals surface area contributed by atoms with Crippen molar-refractivity contribution in [3.63, 3.8) is 0 Å². The zero-order chi connectivity index (χ0) is 8.43. The summed E-state index contributed by atoms with van der Waals surface area (Å²) >= 11 is 5.74. The molecular formula is C8H10Cl2N2. The molecule has 0 aliphatic rings. The number of nitrogens with one attached hydrogen (secondary N) is 1. The average Bonchev–Trinajstić information content (AvgIpc) is 1.85. The minimum atomic E-state index is 0. The summed E-state index contributed by atoms with van der Waals surface area (Å²) in [6, 6.07) is 5.33. The fraction of sp³-hybridized carbons (Fsp3) is 0.125. The van der Waals surface area contributed by atoms with Crippen molar-refractivity contribution in [1.82, 2.24) is 0 Å². The van der Waals surface area contributed by atoms with E-state index in [1.807, 2.05) is 19.1 Å². The normalized spacial score (nSPS) is 8.83. The van der Waals surface area contributed by atoms with Crippen LogP contribution in [0.4, 0.5) is 0 Å². The molecule has 0 saturated heterocycles. The third kappa shape index (κ3) is 2.72. The summed E-state index contributed by atoms with van der Waals surface area (Å²) in [6.45, 7) is 1.92. The third-order valence-electron chi connectivity index (χ3n) is 1.35. The van der Waals surface area contributed by atoms with Gasteiger partial charge >= 0.3 is 0 Å². The van der Waals surface area contributed by atoms with E-state index in [1.165, 1.54) is 0 Å². The largest absolute Gasteiger partial charge is 0.384 e. The molecule has 0 spiro atoms. The van der Waals surface area contributed by atoms with E-state index in [9.17, 15) is 0 Å². The van der Waals surface area contributed by atoms with Crippen LogP contribution in [0.15, 0.2) is 18.2 Å². The van der Waals surface area contributed by atoms with Gasteiger partial charge in [0, 0.05) is 10.6 Å². The number of aryl methyl sites for hydroxylation is 1. The topological polar surface area (TPSA) is 49.9 Å². The molecule has 0 atom stereocenters. The average molecular weight is 205 g/mol. The maximum atomic E-state index is 7.15. The number of nitrogen functional groups attached to an aromatic ring is 1. The highest BCUT2D eigenvalue weighted by Gasteiger charge is 1.98. The van der Waals surface area contributed by atoms with E-state index in [2.05, 4.69) is 0 Å². The van der Waals surface area contributed by atoms with E-state index < -0.39 is 0 Å². The molecule has 0 bridgehead atoms. The Balaban J connectivity index is 0.00000121. The lowest BCUT2D eigenvalue weighted by molar-refractivity contribution is 1.39. The van der Waals surface area contributed by atoms with Crippen molar-refractivity contribution in [2.75, 3.05) is 0 Å². The van der Waals surface area contributed by atoms with Gasteiger partial charge in [-0.25, -0.2) is 0 Å². The second-order valence-electron chi connectivity index (χ2n) is 2.43. The van der Waals surface area contributed by atoms with Crippen molar-refractivity contribution in [3.05, 3.63) is 34.3 Å². The predicted octanol–water partition coefficient (Wildman–Crippen LogP) is 2.35. The van der Waals surface area contributed by atoms with Gasteiger partial charge in [0.25, 0.3) is 0 Å². The molecule has 0 amide bonds. The Hall–Kier alpha value is -0.730. The van der Waals surface area contributed by atoms with Gasteiger partial charge in [0.05, 0.1) is 0 Å². The highest BCUT2D eigenvalue weighted by molar-refractivity contribution is 6.31. The maximum absolute atomic E-state index is 7.15. The molecule has 66 valence electrons. The van der Waals surface area contributed by atoms with Crippen molar-refractivity contribution >= 4 is 29.8 Å². The molecule has 0 aliphatic heterocycles. The molecule has 0 heterocycles. The van der Waals surface area contributed by atoms with Crippen LogP contribution in [0.1, 0.15) is 11.1 Å². The lowest BCUT2D eigenvalue weighted by atomic mass is 10.1. The van der Waals surface area contributed by atoms with E-state index in [1.54, 1.807) is 6.07 Å². The van der Waals surface area contributed by atoms with Crippen molar-refractivity contribution < 1.29 is 0 Å². The molecule has 3 N–H and O–H groups in total. The van der Waals surface area contributed by atoms with Crippen LogP contribution in [0.25, 0.3) is 0 Å². The van der Waals surface area contributed by atoms with Crippen LogP contribution in [-0.2, 0) is 0 Å². The Kier molecular flexibility index (Phi) is 4.07. The second-order valence-corrected chi connectivity index (χ2v) is 2.87. The minimum Gasteiger partial charge on any atom is -0.384 e. The van der Waals surface area contributed by atoms with Crippen molar-refractivity contribution in [2.45, 2.75) is 6.92 Å².